The molecule has 0 aliphatic carbocycles. The predicted octanol–water partition coefficient (Wildman–Crippen LogP) is 1.72. The van der Waals surface area contributed by atoms with Crippen molar-refractivity contribution in [3.05, 3.63) is 53.6 Å². The van der Waals surface area contributed by atoms with Crippen LogP contribution in [0.15, 0.2) is 47.4 Å². The van der Waals surface area contributed by atoms with E-state index in [1.165, 1.54) is 43.4 Å². The van der Waals surface area contributed by atoms with Crippen LogP contribution in [-0.2, 0) is 14.8 Å². The van der Waals surface area contributed by atoms with Crippen LogP contribution in [0.2, 0.25) is 0 Å². The lowest BCUT2D eigenvalue weighted by molar-refractivity contribution is -0.112. The minimum absolute atomic E-state index is 0.00222. The van der Waals surface area contributed by atoms with Gasteiger partial charge < -0.3 is 15.7 Å². The molecule has 10 nitrogen and oxygen atoms in total. The normalized spacial score (nSPS) is 13.2. The smallest absolute Gasteiger partial charge is 0.335 e. The number of Topliss-reactive ketones (excluding diaryl/α,β-unsaturated/α-hetero) is 1. The molecule has 4 N–H and O–H groups in total. The number of hydrogen-bond donors (Lipinski definition) is 4. The van der Waals surface area contributed by atoms with E-state index in [2.05, 4.69) is 20.3 Å². The van der Waals surface area contributed by atoms with Gasteiger partial charge in [-0.05, 0) is 43.4 Å². The molecular weight excluding hydrogens is 412 g/mol. The van der Waals surface area contributed by atoms with Crippen LogP contribution in [0.1, 0.15) is 20.7 Å². The molecule has 0 bridgehead atoms. The van der Waals surface area contributed by atoms with Crippen LogP contribution in [0.3, 0.4) is 0 Å². The summed E-state index contributed by atoms with van der Waals surface area (Å²) in [6.45, 7) is 0. The Bertz CT molecular complexity index is 1370. The third-order valence-electron chi connectivity index (χ3n) is 4.58. The van der Waals surface area contributed by atoms with Crippen molar-refractivity contribution >= 4 is 55.8 Å². The number of carbonyl (C=O) groups excluding carboxylic acids is 2. The summed E-state index contributed by atoms with van der Waals surface area (Å²) >= 11 is 0. The molecule has 30 heavy (non-hydrogen) atoms. The van der Waals surface area contributed by atoms with Gasteiger partial charge in [-0.25, -0.2) is 22.9 Å². The van der Waals surface area contributed by atoms with Crippen LogP contribution in [-0.4, -0.2) is 43.2 Å². The molecular formula is C19H14N4O6S. The fraction of sp³-hybridized carbons (Fsp3) is 0.0526. The molecule has 3 aromatic rings. The molecule has 0 saturated carbocycles. The Morgan fingerprint density at radius 1 is 1.13 bits per heavy atom. The number of nitrogens with one attached hydrogen (secondary N) is 3. The van der Waals surface area contributed by atoms with Gasteiger partial charge in [-0.3, -0.25) is 9.59 Å². The number of anilines is 3. The van der Waals surface area contributed by atoms with Crippen molar-refractivity contribution in [2.45, 2.75) is 4.90 Å². The van der Waals surface area contributed by atoms with Gasteiger partial charge in [0.2, 0.25) is 10.0 Å². The highest BCUT2D eigenvalue weighted by molar-refractivity contribution is 7.89. The number of pyridine rings is 1. The summed E-state index contributed by atoms with van der Waals surface area (Å²) in [6.07, 6.45) is 0. The highest BCUT2D eigenvalue weighted by Crippen LogP contribution is 2.37. The lowest BCUT2D eigenvalue weighted by Gasteiger charge is -2.13. The highest BCUT2D eigenvalue weighted by Gasteiger charge is 2.34. The molecule has 0 fully saturated rings. The summed E-state index contributed by atoms with van der Waals surface area (Å²) in [5.74, 6) is -2.79. The summed E-state index contributed by atoms with van der Waals surface area (Å²) in [6, 6.07) is 9.93. The molecule has 11 heteroatoms. The fourth-order valence-corrected chi connectivity index (χ4v) is 3.89. The predicted molar refractivity (Wildman–Crippen MR) is 108 cm³/mol. The summed E-state index contributed by atoms with van der Waals surface area (Å²) in [5, 5.41) is 15.0. The van der Waals surface area contributed by atoms with Gasteiger partial charge in [-0.1, -0.05) is 6.07 Å². The van der Waals surface area contributed by atoms with Crippen molar-refractivity contribution in [2.24, 2.45) is 0 Å². The SMILES string of the molecule is CNS(=O)(=O)c1cccc(Nc2nc3cc(C(=O)O)ccc3c3c2C(=O)C(=O)N3)c1. The molecule has 0 unspecified atom stereocenters. The maximum Gasteiger partial charge on any atom is 0.335 e. The number of carboxylic acid groups (broad SMARTS) is 1. The molecule has 1 aromatic heterocycles. The van der Waals surface area contributed by atoms with Crippen molar-refractivity contribution < 1.29 is 27.9 Å². The Balaban J connectivity index is 1.89. The zero-order valence-electron chi connectivity index (χ0n) is 15.4. The van der Waals surface area contributed by atoms with Gasteiger partial charge in [0.25, 0.3) is 11.7 Å². The van der Waals surface area contributed by atoms with E-state index < -0.39 is 27.7 Å². The van der Waals surface area contributed by atoms with Gasteiger partial charge in [0.1, 0.15) is 5.82 Å². The number of carbonyl (C=O) groups is 3. The molecule has 1 amide bonds. The van der Waals surface area contributed by atoms with E-state index >= 15 is 0 Å². The lowest BCUT2D eigenvalue weighted by atomic mass is 10.1. The summed E-state index contributed by atoms with van der Waals surface area (Å²) < 4.78 is 26.3. The second-order valence-corrected chi connectivity index (χ2v) is 8.28. The average Bonchev–Trinajstić information content (AvgIpc) is 3.03. The standard InChI is InChI=1S/C19H14N4O6S/c1-20-30(28,29)11-4-2-3-10(8-11)21-17-14-15(23-18(25)16(14)24)12-6-5-9(19(26)27)7-13(12)22-17/h2-8,20H,1H3,(H,21,22)(H,26,27)(H,23,24,25). The number of aromatic nitrogens is 1. The quantitative estimate of drug-likeness (QED) is 0.450. The number of sulfonamides is 1. The first kappa shape index (κ1) is 19.5. The number of nitrogens with zero attached hydrogens (tertiary/aromatic N) is 1. The number of aromatic carboxylic acids is 1. The van der Waals surface area contributed by atoms with E-state index in [0.717, 1.165) is 0 Å². The van der Waals surface area contributed by atoms with Crippen molar-refractivity contribution in [3.63, 3.8) is 0 Å². The first-order valence-electron chi connectivity index (χ1n) is 8.58. The van der Waals surface area contributed by atoms with Crippen LogP contribution in [0.4, 0.5) is 17.2 Å². The number of rotatable bonds is 5. The second-order valence-electron chi connectivity index (χ2n) is 6.39. The number of ketones is 1. The van der Waals surface area contributed by atoms with Gasteiger partial charge in [0, 0.05) is 11.1 Å². The topological polar surface area (TPSA) is 155 Å². The van der Waals surface area contributed by atoms with Crippen LogP contribution >= 0.6 is 0 Å². The van der Waals surface area contributed by atoms with Crippen molar-refractivity contribution in [1.29, 1.82) is 0 Å². The van der Waals surface area contributed by atoms with Gasteiger partial charge in [-0.2, -0.15) is 0 Å². The summed E-state index contributed by atoms with van der Waals surface area (Å²) in [7, 11) is -2.42. The minimum Gasteiger partial charge on any atom is -0.478 e. The van der Waals surface area contributed by atoms with E-state index in [1.54, 1.807) is 6.07 Å². The molecule has 0 radical (unpaired) electrons. The van der Waals surface area contributed by atoms with Crippen LogP contribution in [0, 0.1) is 0 Å². The van der Waals surface area contributed by atoms with Crippen LogP contribution in [0.25, 0.3) is 10.9 Å². The van der Waals surface area contributed by atoms with Gasteiger partial charge in [-0.15, -0.1) is 0 Å². The first-order valence-corrected chi connectivity index (χ1v) is 10.1. The number of hydrogen-bond acceptors (Lipinski definition) is 7. The van der Waals surface area contributed by atoms with Crippen LogP contribution in [0.5, 0.6) is 0 Å². The molecule has 1 aliphatic rings. The molecule has 0 atom stereocenters. The Labute approximate surface area is 170 Å². The summed E-state index contributed by atoms with van der Waals surface area (Å²) in [4.78, 5) is 40.0. The molecule has 2 heterocycles. The maximum atomic E-state index is 12.4. The zero-order valence-corrected chi connectivity index (χ0v) is 16.2. The van der Waals surface area contributed by atoms with Gasteiger partial charge in [0.15, 0.2) is 0 Å². The van der Waals surface area contributed by atoms with Crippen molar-refractivity contribution in [2.75, 3.05) is 17.7 Å². The van der Waals surface area contributed by atoms with Gasteiger partial charge >= 0.3 is 5.97 Å². The van der Waals surface area contributed by atoms with E-state index in [0.29, 0.717) is 11.1 Å². The summed E-state index contributed by atoms with van der Waals surface area (Å²) in [5.41, 5.74) is 0.747. The Morgan fingerprint density at radius 2 is 1.90 bits per heavy atom. The third kappa shape index (κ3) is 3.15. The minimum atomic E-state index is -3.70. The van der Waals surface area contributed by atoms with Crippen molar-refractivity contribution in [3.8, 4) is 0 Å². The number of carboxylic acids is 1. The van der Waals surface area contributed by atoms with Crippen LogP contribution < -0.4 is 15.4 Å². The van der Waals surface area contributed by atoms with Crippen molar-refractivity contribution in [1.82, 2.24) is 9.71 Å². The maximum absolute atomic E-state index is 12.4. The fourth-order valence-electron chi connectivity index (χ4n) is 3.12. The average molecular weight is 426 g/mol. The molecule has 0 saturated heterocycles. The number of benzene rings is 2. The van der Waals surface area contributed by atoms with E-state index in [9.17, 15) is 27.9 Å². The monoisotopic (exact) mass is 426 g/mol. The highest BCUT2D eigenvalue weighted by atomic mass is 32.2. The second kappa shape index (κ2) is 6.90. The lowest BCUT2D eigenvalue weighted by Crippen LogP contribution is -2.18. The number of amides is 1. The Hall–Kier alpha value is -3.83. The Kier molecular flexibility index (Phi) is 4.48. The molecule has 0 spiro atoms. The largest absolute Gasteiger partial charge is 0.478 e. The first-order chi connectivity index (χ1) is 14.2. The van der Waals surface area contributed by atoms with E-state index in [1.807, 2.05) is 0 Å². The molecule has 2 aromatic carbocycles. The van der Waals surface area contributed by atoms with E-state index in [-0.39, 0.29) is 33.0 Å². The Morgan fingerprint density at radius 3 is 2.60 bits per heavy atom. The molecule has 152 valence electrons. The van der Waals surface area contributed by atoms with Gasteiger partial charge in [0.05, 0.1) is 27.2 Å². The number of fused-ring (bicyclic) bond motifs is 3. The zero-order chi connectivity index (χ0) is 21.6. The molecule has 4 rings (SSSR count). The van der Waals surface area contributed by atoms with E-state index in [4.69, 9.17) is 0 Å². The third-order valence-corrected chi connectivity index (χ3v) is 5.99. The molecule has 1 aliphatic heterocycles.